The Morgan fingerprint density at radius 3 is 2.18 bits per heavy atom. The van der Waals surface area contributed by atoms with Gasteiger partial charge in [0.2, 0.25) is 10.0 Å². The second-order valence-corrected chi connectivity index (χ2v) is 7.66. The van der Waals surface area contributed by atoms with Gasteiger partial charge in [-0.05, 0) is 0 Å². The van der Waals surface area contributed by atoms with Crippen LogP contribution in [-0.2, 0) is 24.7 Å². The van der Waals surface area contributed by atoms with Crippen molar-refractivity contribution in [3.8, 4) is 12.3 Å². The second-order valence-electron chi connectivity index (χ2n) is 3.31. The molecule has 0 aromatic rings. The molecule has 0 aliphatic carbocycles. The van der Waals surface area contributed by atoms with Gasteiger partial charge in [0.1, 0.15) is 16.4 Å². The lowest BCUT2D eigenvalue weighted by atomic mass is 10.6. The first-order chi connectivity index (χ1) is 7.58. The van der Waals surface area contributed by atoms with E-state index in [2.05, 4.69) is 0 Å². The lowest BCUT2D eigenvalue weighted by molar-refractivity contribution is -0.137. The van der Waals surface area contributed by atoms with Gasteiger partial charge in [-0.15, -0.1) is 6.42 Å². The normalized spacial score (nSPS) is 12.3. The Balaban J connectivity index is 4.85. The number of hydrogen-bond donors (Lipinski definition) is 1. The minimum atomic E-state index is -3.98. The van der Waals surface area contributed by atoms with Gasteiger partial charge in [-0.25, -0.2) is 16.8 Å². The number of carboxylic acid groups (broad SMARTS) is 1. The van der Waals surface area contributed by atoms with Gasteiger partial charge in [-0.1, -0.05) is 5.92 Å². The summed E-state index contributed by atoms with van der Waals surface area (Å²) in [5.41, 5.74) is 0. The standard InChI is InChI=1S/C8H13NO6S2/c1-3-4-9(7-8(10)11)17(14,15)6-5-16(2,12)13/h1H,4-7H2,2H3,(H,10,11). The Kier molecular flexibility index (Phi) is 5.60. The number of terminal acetylenes is 1. The average Bonchev–Trinajstić information content (AvgIpc) is 2.13. The Morgan fingerprint density at radius 2 is 1.82 bits per heavy atom. The van der Waals surface area contributed by atoms with Gasteiger partial charge >= 0.3 is 5.97 Å². The molecule has 0 unspecified atom stereocenters. The lowest BCUT2D eigenvalue weighted by Crippen LogP contribution is -2.38. The van der Waals surface area contributed by atoms with Crippen molar-refractivity contribution in [2.24, 2.45) is 0 Å². The highest BCUT2D eigenvalue weighted by atomic mass is 32.2. The molecule has 17 heavy (non-hydrogen) atoms. The highest BCUT2D eigenvalue weighted by molar-refractivity contribution is 7.93. The van der Waals surface area contributed by atoms with Crippen LogP contribution in [0.25, 0.3) is 0 Å². The van der Waals surface area contributed by atoms with Crippen LogP contribution in [0.1, 0.15) is 0 Å². The van der Waals surface area contributed by atoms with Crippen molar-refractivity contribution in [3.63, 3.8) is 0 Å². The minimum Gasteiger partial charge on any atom is -0.480 e. The van der Waals surface area contributed by atoms with E-state index in [0.29, 0.717) is 4.31 Å². The first-order valence-corrected chi connectivity index (χ1v) is 8.06. The van der Waals surface area contributed by atoms with Crippen LogP contribution in [0.15, 0.2) is 0 Å². The first kappa shape index (κ1) is 15.9. The zero-order chi connectivity index (χ0) is 13.7. The van der Waals surface area contributed by atoms with E-state index in [1.54, 1.807) is 0 Å². The fraction of sp³-hybridized carbons (Fsp3) is 0.625. The summed E-state index contributed by atoms with van der Waals surface area (Å²) in [5.74, 6) is -0.601. The summed E-state index contributed by atoms with van der Waals surface area (Å²) in [4.78, 5) is 10.4. The number of rotatable bonds is 7. The second kappa shape index (κ2) is 6.00. The molecule has 0 aliphatic rings. The smallest absolute Gasteiger partial charge is 0.318 e. The van der Waals surface area contributed by atoms with Gasteiger partial charge in [0.15, 0.2) is 0 Å². The van der Waals surface area contributed by atoms with E-state index < -0.39 is 50.4 Å². The van der Waals surface area contributed by atoms with Crippen LogP contribution >= 0.6 is 0 Å². The monoisotopic (exact) mass is 283 g/mol. The topological polar surface area (TPSA) is 109 Å². The molecule has 0 aromatic carbocycles. The van der Waals surface area contributed by atoms with E-state index in [0.717, 1.165) is 6.26 Å². The lowest BCUT2D eigenvalue weighted by Gasteiger charge is -2.17. The number of hydrogen-bond acceptors (Lipinski definition) is 5. The Bertz CT molecular complexity index is 513. The predicted molar refractivity (Wildman–Crippen MR) is 61.5 cm³/mol. The maximum Gasteiger partial charge on any atom is 0.318 e. The Hall–Kier alpha value is -1.11. The van der Waals surface area contributed by atoms with Crippen molar-refractivity contribution >= 4 is 25.8 Å². The first-order valence-electron chi connectivity index (χ1n) is 4.39. The largest absolute Gasteiger partial charge is 0.480 e. The molecular formula is C8H13NO6S2. The Morgan fingerprint density at radius 1 is 1.29 bits per heavy atom. The molecular weight excluding hydrogens is 270 g/mol. The van der Waals surface area contributed by atoms with Crippen LogP contribution in [0.2, 0.25) is 0 Å². The van der Waals surface area contributed by atoms with E-state index >= 15 is 0 Å². The molecule has 0 spiro atoms. The summed E-state index contributed by atoms with van der Waals surface area (Å²) < 4.78 is 45.4. The molecule has 0 bridgehead atoms. The summed E-state index contributed by atoms with van der Waals surface area (Å²) >= 11 is 0. The fourth-order valence-corrected chi connectivity index (χ4v) is 3.78. The van der Waals surface area contributed by atoms with Gasteiger partial charge in [0.05, 0.1) is 18.1 Å². The zero-order valence-electron chi connectivity index (χ0n) is 9.16. The number of nitrogens with zero attached hydrogens (tertiary/aromatic N) is 1. The summed E-state index contributed by atoms with van der Waals surface area (Å²) in [6.45, 7) is -1.19. The SMILES string of the molecule is C#CCN(CC(=O)O)S(=O)(=O)CCS(C)(=O)=O. The summed E-state index contributed by atoms with van der Waals surface area (Å²) in [7, 11) is -7.42. The van der Waals surface area contributed by atoms with Crippen LogP contribution in [0.3, 0.4) is 0 Å². The highest BCUT2D eigenvalue weighted by Gasteiger charge is 2.24. The summed E-state index contributed by atoms with van der Waals surface area (Å²) in [5, 5.41) is 8.51. The predicted octanol–water partition coefficient (Wildman–Crippen LogP) is -1.62. The minimum absolute atomic E-state index is 0.404. The number of aliphatic carboxylic acids is 1. The molecule has 0 aromatic heterocycles. The van der Waals surface area contributed by atoms with Crippen molar-refractivity contribution in [2.45, 2.75) is 0 Å². The van der Waals surface area contributed by atoms with Crippen molar-refractivity contribution < 1.29 is 26.7 Å². The Labute approximate surface area is 100 Å². The number of carbonyl (C=O) groups is 1. The third-order valence-corrected chi connectivity index (χ3v) is 4.65. The molecule has 0 rings (SSSR count). The molecule has 7 nitrogen and oxygen atoms in total. The van der Waals surface area contributed by atoms with Crippen molar-refractivity contribution in [1.82, 2.24) is 4.31 Å². The molecule has 0 radical (unpaired) electrons. The van der Waals surface area contributed by atoms with E-state index in [4.69, 9.17) is 11.5 Å². The average molecular weight is 283 g/mol. The van der Waals surface area contributed by atoms with Crippen LogP contribution in [-0.4, -0.2) is 63.1 Å². The maximum absolute atomic E-state index is 11.6. The van der Waals surface area contributed by atoms with Crippen LogP contribution in [0, 0.1) is 12.3 Å². The molecule has 1 N–H and O–H groups in total. The molecule has 0 amide bonds. The quantitative estimate of drug-likeness (QED) is 0.562. The van der Waals surface area contributed by atoms with E-state index in [1.165, 1.54) is 0 Å². The number of sulfonamides is 1. The van der Waals surface area contributed by atoms with E-state index in [9.17, 15) is 21.6 Å². The van der Waals surface area contributed by atoms with Gasteiger partial charge in [0.25, 0.3) is 0 Å². The van der Waals surface area contributed by atoms with Crippen LogP contribution in [0.4, 0.5) is 0 Å². The third kappa shape index (κ3) is 6.93. The molecule has 0 saturated heterocycles. The highest BCUT2D eigenvalue weighted by Crippen LogP contribution is 2.02. The van der Waals surface area contributed by atoms with Gasteiger partial charge in [0, 0.05) is 6.26 Å². The molecule has 0 aliphatic heterocycles. The summed E-state index contributed by atoms with van der Waals surface area (Å²) in [6.07, 6.45) is 5.81. The number of sulfone groups is 1. The molecule has 98 valence electrons. The van der Waals surface area contributed by atoms with Gasteiger partial charge < -0.3 is 5.11 Å². The molecule has 0 atom stereocenters. The molecule has 0 fully saturated rings. The van der Waals surface area contributed by atoms with Gasteiger partial charge in [-0.2, -0.15) is 4.31 Å². The molecule has 0 saturated carbocycles. The zero-order valence-corrected chi connectivity index (χ0v) is 10.8. The van der Waals surface area contributed by atoms with Crippen molar-refractivity contribution in [2.75, 3.05) is 30.9 Å². The van der Waals surface area contributed by atoms with Crippen molar-refractivity contribution in [1.29, 1.82) is 0 Å². The van der Waals surface area contributed by atoms with Gasteiger partial charge in [-0.3, -0.25) is 4.79 Å². The maximum atomic E-state index is 11.6. The van der Waals surface area contributed by atoms with Crippen molar-refractivity contribution in [3.05, 3.63) is 0 Å². The van der Waals surface area contributed by atoms with E-state index in [-0.39, 0.29) is 0 Å². The van der Waals surface area contributed by atoms with Crippen LogP contribution in [0.5, 0.6) is 0 Å². The molecule has 9 heteroatoms. The fourth-order valence-electron chi connectivity index (χ4n) is 0.891. The third-order valence-electron chi connectivity index (χ3n) is 1.68. The van der Waals surface area contributed by atoms with E-state index in [1.807, 2.05) is 5.92 Å². The molecule has 0 heterocycles. The summed E-state index contributed by atoms with van der Waals surface area (Å²) in [6, 6.07) is 0. The van der Waals surface area contributed by atoms with Crippen LogP contribution < -0.4 is 0 Å². The number of carboxylic acids is 1.